The van der Waals surface area contributed by atoms with Crippen LogP contribution < -0.4 is 4.74 Å². The molecule has 0 N–H and O–H groups in total. The molecule has 25 heavy (non-hydrogen) atoms. The maximum Gasteiger partial charge on any atom is 0.213 e. The van der Waals surface area contributed by atoms with Crippen molar-refractivity contribution in [1.82, 2.24) is 14.9 Å². The zero-order valence-corrected chi connectivity index (χ0v) is 15.5. The second kappa shape index (κ2) is 7.57. The third-order valence-electron chi connectivity index (χ3n) is 4.18. The third kappa shape index (κ3) is 3.46. The molecule has 4 nitrogen and oxygen atoms in total. The molecular formula is C20H21N3OS. The van der Waals surface area contributed by atoms with Crippen LogP contribution in [0.1, 0.15) is 19.4 Å². The first-order chi connectivity index (χ1) is 12.2. The second-order valence-corrected chi connectivity index (χ2v) is 6.01. The lowest BCUT2D eigenvalue weighted by atomic mass is 10.1. The molecule has 0 aliphatic heterocycles. The van der Waals surface area contributed by atoms with E-state index in [1.54, 1.807) is 7.11 Å². The van der Waals surface area contributed by atoms with Crippen molar-refractivity contribution in [3.8, 4) is 17.3 Å². The molecule has 0 atom stereocenters. The Hall–Kier alpha value is -2.53. The molecule has 0 radical (unpaired) electrons. The summed E-state index contributed by atoms with van der Waals surface area (Å²) in [6.07, 6.45) is 0. The summed E-state index contributed by atoms with van der Waals surface area (Å²) in [6.45, 7) is 5.92. The minimum atomic E-state index is 0.562. The molecular weight excluding hydrogens is 330 g/mol. The standard InChI is InChI=1S/C20H21N3OS/c1-4-23(5-2)20(25)15-13-14-9-6-7-10-16(14)22-19(15)17-11-8-12-18(21-17)24-3/h6-13H,4-5H2,1-3H3. The van der Waals surface area contributed by atoms with Crippen LogP contribution in [0.3, 0.4) is 0 Å². The van der Waals surface area contributed by atoms with Crippen molar-refractivity contribution in [1.29, 1.82) is 0 Å². The number of rotatable bonds is 5. The van der Waals surface area contributed by atoms with E-state index in [2.05, 4.69) is 35.9 Å². The fourth-order valence-electron chi connectivity index (χ4n) is 2.82. The number of benzene rings is 1. The van der Waals surface area contributed by atoms with E-state index in [0.29, 0.717) is 5.88 Å². The van der Waals surface area contributed by atoms with Crippen molar-refractivity contribution < 1.29 is 4.74 Å². The molecule has 0 aliphatic carbocycles. The first kappa shape index (κ1) is 17.3. The van der Waals surface area contributed by atoms with Gasteiger partial charge < -0.3 is 9.64 Å². The van der Waals surface area contributed by atoms with Crippen molar-refractivity contribution in [2.75, 3.05) is 20.2 Å². The molecule has 0 saturated carbocycles. The lowest BCUT2D eigenvalue weighted by Crippen LogP contribution is -2.30. The minimum Gasteiger partial charge on any atom is -0.481 e. The van der Waals surface area contributed by atoms with Gasteiger partial charge in [0.2, 0.25) is 5.88 Å². The summed E-state index contributed by atoms with van der Waals surface area (Å²) in [4.78, 5) is 12.4. The third-order valence-corrected chi connectivity index (χ3v) is 4.66. The minimum absolute atomic E-state index is 0.562. The lowest BCUT2D eigenvalue weighted by Gasteiger charge is -2.23. The van der Waals surface area contributed by atoms with Crippen molar-refractivity contribution in [3.63, 3.8) is 0 Å². The molecule has 3 aromatic rings. The number of methoxy groups -OCH3 is 1. The molecule has 2 aromatic heterocycles. The van der Waals surface area contributed by atoms with Gasteiger partial charge in [-0.3, -0.25) is 0 Å². The van der Waals surface area contributed by atoms with Gasteiger partial charge in [-0.1, -0.05) is 36.5 Å². The number of fused-ring (bicyclic) bond motifs is 1. The molecule has 1 aromatic carbocycles. The number of aromatic nitrogens is 2. The second-order valence-electron chi connectivity index (χ2n) is 5.62. The van der Waals surface area contributed by atoms with Gasteiger partial charge >= 0.3 is 0 Å². The predicted molar refractivity (Wildman–Crippen MR) is 106 cm³/mol. The molecule has 0 spiro atoms. The highest BCUT2D eigenvalue weighted by atomic mass is 32.1. The molecule has 0 saturated heterocycles. The number of nitrogens with zero attached hydrogens (tertiary/aromatic N) is 3. The summed E-state index contributed by atoms with van der Waals surface area (Å²) in [5.41, 5.74) is 3.40. The van der Waals surface area contributed by atoms with E-state index in [4.69, 9.17) is 21.9 Å². The Morgan fingerprint density at radius 3 is 2.52 bits per heavy atom. The summed E-state index contributed by atoms with van der Waals surface area (Å²) in [5, 5.41) is 1.07. The van der Waals surface area contributed by atoms with Gasteiger partial charge in [0.05, 0.1) is 24.0 Å². The molecule has 0 amide bonds. The number of thiocarbonyl (C=S) groups is 1. The average molecular weight is 351 g/mol. The van der Waals surface area contributed by atoms with Crippen LogP contribution in [0, 0.1) is 0 Å². The molecule has 5 heteroatoms. The van der Waals surface area contributed by atoms with Crippen LogP contribution in [0.15, 0.2) is 48.5 Å². The summed E-state index contributed by atoms with van der Waals surface area (Å²) < 4.78 is 5.27. The highest BCUT2D eigenvalue weighted by Gasteiger charge is 2.18. The van der Waals surface area contributed by atoms with Crippen LogP contribution in [-0.4, -0.2) is 40.1 Å². The number of hydrogen-bond donors (Lipinski definition) is 0. The van der Waals surface area contributed by atoms with Gasteiger partial charge in [-0.05, 0) is 32.0 Å². The number of para-hydroxylation sites is 1. The number of hydrogen-bond acceptors (Lipinski definition) is 4. The SMILES string of the molecule is CCN(CC)C(=S)c1cc2ccccc2nc1-c1cccc(OC)n1. The van der Waals surface area contributed by atoms with E-state index in [1.807, 2.05) is 36.4 Å². The van der Waals surface area contributed by atoms with Gasteiger partial charge in [-0.15, -0.1) is 0 Å². The first-order valence-electron chi connectivity index (χ1n) is 8.38. The zero-order chi connectivity index (χ0) is 17.8. The van der Waals surface area contributed by atoms with Crippen LogP contribution in [0.2, 0.25) is 0 Å². The number of ether oxygens (including phenoxy) is 1. The average Bonchev–Trinajstić information content (AvgIpc) is 2.67. The van der Waals surface area contributed by atoms with Gasteiger partial charge in [0.25, 0.3) is 0 Å². The first-order valence-corrected chi connectivity index (χ1v) is 8.79. The van der Waals surface area contributed by atoms with E-state index < -0.39 is 0 Å². The largest absolute Gasteiger partial charge is 0.481 e. The van der Waals surface area contributed by atoms with Crippen molar-refractivity contribution in [3.05, 3.63) is 54.1 Å². The Labute approximate surface area is 153 Å². The summed E-state index contributed by atoms with van der Waals surface area (Å²) >= 11 is 5.78. The molecule has 0 bridgehead atoms. The molecule has 128 valence electrons. The highest BCUT2D eigenvalue weighted by Crippen LogP contribution is 2.27. The normalized spacial score (nSPS) is 10.7. The van der Waals surface area contributed by atoms with Gasteiger partial charge in [0.1, 0.15) is 4.99 Å². The zero-order valence-electron chi connectivity index (χ0n) is 14.7. The quantitative estimate of drug-likeness (QED) is 0.640. The maximum absolute atomic E-state index is 5.78. The monoisotopic (exact) mass is 351 g/mol. The Kier molecular flexibility index (Phi) is 5.24. The fraction of sp³-hybridized carbons (Fsp3) is 0.250. The fourth-order valence-corrected chi connectivity index (χ4v) is 3.23. The molecule has 0 aliphatic rings. The van der Waals surface area contributed by atoms with Crippen LogP contribution in [-0.2, 0) is 0 Å². The summed E-state index contributed by atoms with van der Waals surface area (Å²) in [5.74, 6) is 0.562. The van der Waals surface area contributed by atoms with E-state index in [1.165, 1.54) is 0 Å². The summed E-state index contributed by atoms with van der Waals surface area (Å²) in [6, 6.07) is 15.9. The van der Waals surface area contributed by atoms with Crippen molar-refractivity contribution in [2.24, 2.45) is 0 Å². The Balaban J connectivity index is 2.23. The van der Waals surface area contributed by atoms with E-state index in [0.717, 1.165) is 45.9 Å². The van der Waals surface area contributed by atoms with Crippen LogP contribution in [0.25, 0.3) is 22.3 Å². The molecule has 2 heterocycles. The lowest BCUT2D eigenvalue weighted by molar-refractivity contribution is 0.398. The predicted octanol–water partition coefficient (Wildman–Crippen LogP) is 4.32. The highest BCUT2D eigenvalue weighted by molar-refractivity contribution is 7.80. The molecule has 0 fully saturated rings. The topological polar surface area (TPSA) is 38.2 Å². The van der Waals surface area contributed by atoms with Crippen molar-refractivity contribution >= 4 is 28.1 Å². The van der Waals surface area contributed by atoms with Gasteiger partial charge in [0, 0.05) is 30.1 Å². The Morgan fingerprint density at radius 2 is 1.80 bits per heavy atom. The Bertz CT molecular complexity index is 906. The van der Waals surface area contributed by atoms with Gasteiger partial charge in [-0.2, -0.15) is 0 Å². The Morgan fingerprint density at radius 1 is 1.04 bits per heavy atom. The molecule has 0 unspecified atom stereocenters. The number of pyridine rings is 2. The van der Waals surface area contributed by atoms with Crippen LogP contribution in [0.4, 0.5) is 0 Å². The van der Waals surface area contributed by atoms with E-state index >= 15 is 0 Å². The van der Waals surface area contributed by atoms with E-state index in [-0.39, 0.29) is 0 Å². The van der Waals surface area contributed by atoms with Crippen molar-refractivity contribution in [2.45, 2.75) is 13.8 Å². The van der Waals surface area contributed by atoms with Crippen LogP contribution in [0.5, 0.6) is 5.88 Å². The smallest absolute Gasteiger partial charge is 0.213 e. The van der Waals surface area contributed by atoms with Gasteiger partial charge in [-0.25, -0.2) is 9.97 Å². The molecule has 3 rings (SSSR count). The van der Waals surface area contributed by atoms with E-state index in [9.17, 15) is 0 Å². The van der Waals surface area contributed by atoms with Gasteiger partial charge in [0.15, 0.2) is 0 Å². The summed E-state index contributed by atoms with van der Waals surface area (Å²) in [7, 11) is 1.61. The van der Waals surface area contributed by atoms with Crippen LogP contribution >= 0.6 is 12.2 Å². The maximum atomic E-state index is 5.78.